The second-order valence-electron chi connectivity index (χ2n) is 19.5. The highest BCUT2D eigenvalue weighted by Crippen LogP contribution is 2.47. The van der Waals surface area contributed by atoms with Crippen LogP contribution in [0, 0.1) is 0 Å². The molecular weight excluding hydrogens is 719 g/mol. The lowest BCUT2D eigenvalue weighted by atomic mass is 9.33. The van der Waals surface area contributed by atoms with E-state index < -0.39 is 0 Å². The fraction of sp³-hybridized carbons (Fsp3) is 0.222. The summed E-state index contributed by atoms with van der Waals surface area (Å²) in [5.41, 5.74) is 18.0. The molecule has 7 aromatic carbocycles. The van der Waals surface area contributed by atoms with E-state index in [4.69, 9.17) is 0 Å². The Kier molecular flexibility index (Phi) is 8.21. The Bertz CT molecular complexity index is 2920. The van der Waals surface area contributed by atoms with Crippen molar-refractivity contribution in [1.29, 1.82) is 0 Å². The summed E-state index contributed by atoms with van der Waals surface area (Å²) in [5.74, 6) is 0. The smallest absolute Gasteiger partial charge is 0.252 e. The topological polar surface area (TPSA) is 6.48 Å². The van der Waals surface area contributed by atoms with Gasteiger partial charge in [-0.25, -0.2) is 0 Å². The molecular formula is C54H51BN2S. The highest BCUT2D eigenvalue weighted by Gasteiger charge is 2.44. The number of nitrogens with zero attached hydrogens (tertiary/aromatic N) is 2. The van der Waals surface area contributed by atoms with Crippen molar-refractivity contribution in [2.75, 3.05) is 9.80 Å². The van der Waals surface area contributed by atoms with Gasteiger partial charge in [-0.2, -0.15) is 0 Å². The van der Waals surface area contributed by atoms with Gasteiger partial charge in [-0.05, 0) is 115 Å². The van der Waals surface area contributed by atoms with Gasteiger partial charge in [-0.15, -0.1) is 11.3 Å². The van der Waals surface area contributed by atoms with Gasteiger partial charge in [-0.3, -0.25) is 0 Å². The fourth-order valence-corrected chi connectivity index (χ4v) is 10.6. The number of benzene rings is 7. The molecule has 286 valence electrons. The summed E-state index contributed by atoms with van der Waals surface area (Å²) in [6, 6.07) is 55.6. The van der Waals surface area contributed by atoms with Crippen LogP contribution in [-0.4, -0.2) is 6.71 Å². The van der Waals surface area contributed by atoms with Crippen molar-refractivity contribution in [3.63, 3.8) is 0 Å². The third kappa shape index (κ3) is 5.82. The van der Waals surface area contributed by atoms with Gasteiger partial charge < -0.3 is 9.80 Å². The molecule has 8 aromatic rings. The molecule has 0 spiro atoms. The minimum atomic E-state index is -0.00586. The lowest BCUT2D eigenvalue weighted by molar-refractivity contribution is 0.590. The van der Waals surface area contributed by atoms with Crippen LogP contribution in [0.5, 0.6) is 0 Å². The number of hydrogen-bond acceptors (Lipinski definition) is 3. The molecule has 0 saturated carbocycles. The van der Waals surface area contributed by atoms with E-state index >= 15 is 0 Å². The van der Waals surface area contributed by atoms with Crippen LogP contribution in [0.4, 0.5) is 34.1 Å². The molecule has 2 nitrogen and oxygen atoms in total. The maximum absolute atomic E-state index is 2.55. The molecule has 4 heteroatoms. The molecule has 0 unspecified atom stereocenters. The molecule has 0 radical (unpaired) electrons. The molecule has 10 rings (SSSR count). The summed E-state index contributed by atoms with van der Waals surface area (Å²) in [6.07, 6.45) is 0. The van der Waals surface area contributed by atoms with Gasteiger partial charge in [0.25, 0.3) is 6.71 Å². The van der Waals surface area contributed by atoms with E-state index in [0.717, 1.165) is 0 Å². The monoisotopic (exact) mass is 770 g/mol. The first-order valence-electron chi connectivity index (χ1n) is 20.8. The molecule has 3 heterocycles. The van der Waals surface area contributed by atoms with Crippen LogP contribution in [0.3, 0.4) is 0 Å². The molecule has 0 atom stereocenters. The molecule has 0 bridgehead atoms. The summed E-state index contributed by atoms with van der Waals surface area (Å²) in [6.45, 7) is 21.0. The molecule has 0 N–H and O–H groups in total. The Labute approximate surface area is 348 Å². The average molecular weight is 771 g/mol. The average Bonchev–Trinajstić information content (AvgIpc) is 3.58. The van der Waals surface area contributed by atoms with E-state index in [1.165, 1.54) is 98.5 Å². The van der Waals surface area contributed by atoms with Crippen LogP contribution >= 0.6 is 11.3 Å². The lowest BCUT2D eigenvalue weighted by Crippen LogP contribution is -2.61. The molecule has 0 aliphatic carbocycles. The Hall–Kier alpha value is -5.58. The van der Waals surface area contributed by atoms with Crippen LogP contribution in [-0.2, 0) is 16.2 Å². The highest BCUT2D eigenvalue weighted by molar-refractivity contribution is 7.26. The van der Waals surface area contributed by atoms with Crippen molar-refractivity contribution < 1.29 is 0 Å². The Morgan fingerprint density at radius 3 is 1.59 bits per heavy atom. The molecule has 0 amide bonds. The van der Waals surface area contributed by atoms with Crippen molar-refractivity contribution in [2.45, 2.75) is 78.6 Å². The maximum atomic E-state index is 2.55. The van der Waals surface area contributed by atoms with Crippen LogP contribution < -0.4 is 26.2 Å². The van der Waals surface area contributed by atoms with Gasteiger partial charge >= 0.3 is 0 Å². The van der Waals surface area contributed by atoms with Crippen LogP contribution in [0.25, 0.3) is 31.3 Å². The van der Waals surface area contributed by atoms with Gasteiger partial charge in [0.1, 0.15) is 0 Å². The minimum Gasteiger partial charge on any atom is -0.311 e. The second kappa shape index (κ2) is 13.0. The first-order valence-corrected chi connectivity index (χ1v) is 21.6. The van der Waals surface area contributed by atoms with Gasteiger partial charge in [0.2, 0.25) is 0 Å². The van der Waals surface area contributed by atoms with Crippen molar-refractivity contribution in [3.05, 3.63) is 162 Å². The highest BCUT2D eigenvalue weighted by atomic mass is 32.1. The summed E-state index contributed by atoms with van der Waals surface area (Å²) >= 11 is 1.90. The van der Waals surface area contributed by atoms with Crippen molar-refractivity contribution in [1.82, 2.24) is 0 Å². The molecule has 2 aliphatic heterocycles. The van der Waals surface area contributed by atoms with E-state index in [2.05, 4.69) is 218 Å². The fourth-order valence-electron chi connectivity index (χ4n) is 9.33. The van der Waals surface area contributed by atoms with Gasteiger partial charge in [-0.1, -0.05) is 153 Å². The summed E-state index contributed by atoms with van der Waals surface area (Å²) in [5, 5.41) is 2.65. The van der Waals surface area contributed by atoms with E-state index in [0.29, 0.717) is 0 Å². The molecule has 58 heavy (non-hydrogen) atoms. The zero-order chi connectivity index (χ0) is 40.3. The van der Waals surface area contributed by atoms with Gasteiger partial charge in [0, 0.05) is 54.3 Å². The van der Waals surface area contributed by atoms with E-state index in [1.54, 1.807) is 0 Å². The van der Waals surface area contributed by atoms with Crippen LogP contribution in [0.2, 0.25) is 0 Å². The van der Waals surface area contributed by atoms with Crippen molar-refractivity contribution in [3.8, 4) is 11.1 Å². The normalized spacial score (nSPS) is 13.8. The third-order valence-corrected chi connectivity index (χ3v) is 13.8. The first-order chi connectivity index (χ1) is 27.7. The predicted octanol–water partition coefficient (Wildman–Crippen LogP) is 13.7. The first kappa shape index (κ1) is 36.7. The zero-order valence-electron chi connectivity index (χ0n) is 35.2. The Morgan fingerprint density at radius 2 is 0.966 bits per heavy atom. The van der Waals surface area contributed by atoms with E-state index in [1.807, 2.05) is 11.3 Å². The summed E-state index contributed by atoms with van der Waals surface area (Å²) in [7, 11) is 0. The number of thiophene rings is 1. The number of hydrogen-bond donors (Lipinski definition) is 0. The summed E-state index contributed by atoms with van der Waals surface area (Å²) in [4.78, 5) is 5.07. The second-order valence-corrected chi connectivity index (χ2v) is 20.5. The van der Waals surface area contributed by atoms with Gasteiger partial charge in [0.15, 0.2) is 0 Å². The van der Waals surface area contributed by atoms with E-state index in [9.17, 15) is 0 Å². The van der Waals surface area contributed by atoms with Crippen LogP contribution in [0.15, 0.2) is 146 Å². The SMILES string of the molecule is CC(C)(C)c1ccc(N2c3ccc(C(C)(C)C)cc3B3c4cc(C(C)(C)C)ccc4N(c4cccc(-c5cccc6c5sc5ccccc56)c4)c4cccc2c43)cc1. The zero-order valence-corrected chi connectivity index (χ0v) is 36.1. The largest absolute Gasteiger partial charge is 0.311 e. The molecule has 0 saturated heterocycles. The molecule has 1 aromatic heterocycles. The molecule has 0 fully saturated rings. The van der Waals surface area contributed by atoms with Crippen molar-refractivity contribution in [2.24, 2.45) is 0 Å². The van der Waals surface area contributed by atoms with Gasteiger partial charge in [0.05, 0.1) is 0 Å². The summed E-state index contributed by atoms with van der Waals surface area (Å²) < 4.78 is 2.67. The number of rotatable bonds is 3. The molecule has 2 aliphatic rings. The third-order valence-electron chi connectivity index (χ3n) is 12.5. The predicted molar refractivity (Wildman–Crippen MR) is 255 cm³/mol. The van der Waals surface area contributed by atoms with Crippen LogP contribution in [0.1, 0.15) is 79.0 Å². The standard InChI is InChI=1S/C54H51BN2S/c1-52(2,3)35-23-27-38(28-24-35)56-45-29-25-36(53(4,5)6)32-43(45)55-44-33-37(54(7,8)9)26-30-46(44)57(48-21-14-20-47(56)50(48)55)39-16-12-15-34(31-39)40-18-13-19-42-41-17-10-11-22-49(41)58-51(40)42/h10-33H,1-9H3. The Morgan fingerprint density at radius 1 is 0.431 bits per heavy atom. The number of anilines is 6. The minimum absolute atomic E-state index is 0.00249. The quantitative estimate of drug-likeness (QED) is 0.165. The Balaban J connectivity index is 1.23. The number of fused-ring (bicyclic) bond motifs is 7. The van der Waals surface area contributed by atoms with Crippen molar-refractivity contribution >= 4 is 88.7 Å². The van der Waals surface area contributed by atoms with E-state index in [-0.39, 0.29) is 23.0 Å². The lowest BCUT2D eigenvalue weighted by Gasteiger charge is -2.45. The maximum Gasteiger partial charge on any atom is 0.252 e.